The molecular formula is C55H99BrO3Si. The lowest BCUT2D eigenvalue weighted by Gasteiger charge is -2.58. The Balaban J connectivity index is 1.29. The highest BCUT2D eigenvalue weighted by molar-refractivity contribution is 9.09. The van der Waals surface area contributed by atoms with Crippen molar-refractivity contribution in [3.8, 4) is 0 Å². The van der Waals surface area contributed by atoms with E-state index in [1.807, 2.05) is 0 Å². The zero-order chi connectivity index (χ0) is 43.4. The second-order valence-electron chi connectivity index (χ2n) is 21.9. The molecule has 3 nitrogen and oxygen atoms in total. The van der Waals surface area contributed by atoms with E-state index in [2.05, 4.69) is 108 Å². The van der Waals surface area contributed by atoms with Gasteiger partial charge in [-0.2, -0.15) is 0 Å². The van der Waals surface area contributed by atoms with Gasteiger partial charge >= 0.3 is 8.56 Å². The number of halogens is 1. The second kappa shape index (κ2) is 27.3. The molecule has 0 spiro atoms. The molecule has 0 N–H and O–H groups in total. The largest absolute Gasteiger partial charge is 0.394 e. The van der Waals surface area contributed by atoms with Gasteiger partial charge in [0.15, 0.2) is 0 Å². The minimum absolute atomic E-state index is 0.148. The van der Waals surface area contributed by atoms with Crippen molar-refractivity contribution >= 4 is 24.5 Å². The van der Waals surface area contributed by atoms with Crippen LogP contribution in [0.5, 0.6) is 0 Å². The molecule has 4 rings (SSSR count). The number of alkyl halides is 1. The summed E-state index contributed by atoms with van der Waals surface area (Å²) in [5.41, 5.74) is 2.63. The minimum atomic E-state index is -2.31. The molecular weight excluding hydrogens is 817 g/mol. The number of hydrogen-bond acceptors (Lipinski definition) is 3. The first-order valence-corrected chi connectivity index (χ1v) is 30.3. The second-order valence-corrected chi connectivity index (χ2v) is 26.0. The van der Waals surface area contributed by atoms with E-state index in [-0.39, 0.29) is 12.4 Å². The Kier molecular flexibility index (Phi) is 23.9. The van der Waals surface area contributed by atoms with Gasteiger partial charge in [0.2, 0.25) is 0 Å². The van der Waals surface area contributed by atoms with Crippen LogP contribution >= 0.6 is 15.9 Å². The molecule has 0 amide bonds. The SMILES string of the molecule is CCCCC/C=C\C/C=C\CCCCCCCC(OC1CCC2(C)C(=CCC3C2CCC2(C)C(C(C)CCC(CC)C(C)C)CCC32)C1)O[Si](C)(C)OCCCCCCBr. The molecule has 0 aromatic heterocycles. The van der Waals surface area contributed by atoms with Crippen LogP contribution in [0.1, 0.15) is 222 Å². The minimum Gasteiger partial charge on any atom is -0.394 e. The van der Waals surface area contributed by atoms with E-state index >= 15 is 0 Å². The summed E-state index contributed by atoms with van der Waals surface area (Å²) in [5.74, 6) is 6.14. The Morgan fingerprint density at radius 1 is 0.767 bits per heavy atom. The molecule has 10 atom stereocenters. The fourth-order valence-corrected chi connectivity index (χ4v) is 15.0. The third-order valence-electron chi connectivity index (χ3n) is 16.9. The third kappa shape index (κ3) is 16.0. The molecule has 0 aromatic rings. The van der Waals surface area contributed by atoms with E-state index in [4.69, 9.17) is 13.6 Å². The van der Waals surface area contributed by atoms with Crippen molar-refractivity contribution in [2.45, 2.75) is 247 Å². The first kappa shape index (κ1) is 52.4. The third-order valence-corrected chi connectivity index (χ3v) is 19.2. The fourth-order valence-electron chi connectivity index (χ4n) is 13.1. The highest BCUT2D eigenvalue weighted by Crippen LogP contribution is 2.67. The van der Waals surface area contributed by atoms with Crippen molar-refractivity contribution in [1.29, 1.82) is 0 Å². The maximum absolute atomic E-state index is 7.10. The first-order chi connectivity index (χ1) is 28.9. The monoisotopic (exact) mass is 915 g/mol. The van der Waals surface area contributed by atoms with E-state index in [9.17, 15) is 0 Å². The summed E-state index contributed by atoms with van der Waals surface area (Å²) in [7, 11) is -2.31. The van der Waals surface area contributed by atoms with Gasteiger partial charge in [-0.05, 0) is 181 Å². The standard InChI is InChI=1S/C55H99BrO3Si/c1-10-12-13-14-15-16-17-18-19-20-21-22-23-24-27-30-53(59-60(8,9)57-42-29-26-25-28-41-56)58-48-37-39-54(6)47(43-48)33-34-49-51-36-35-50(55(51,7)40-38-52(49)54)45(5)31-32-46(11-2)44(3)4/h15-16,18-19,33,44-46,48-53H,10-14,17,20-32,34-43H2,1-9H3/b16-15-,19-18-. The van der Waals surface area contributed by atoms with Gasteiger partial charge < -0.3 is 13.6 Å². The van der Waals surface area contributed by atoms with E-state index < -0.39 is 8.56 Å². The summed E-state index contributed by atoms with van der Waals surface area (Å²) in [4.78, 5) is 0. The zero-order valence-electron chi connectivity index (χ0n) is 41.2. The summed E-state index contributed by atoms with van der Waals surface area (Å²) >= 11 is 3.58. The lowest BCUT2D eigenvalue weighted by Crippen LogP contribution is -2.51. The molecule has 0 saturated heterocycles. The van der Waals surface area contributed by atoms with Crippen molar-refractivity contribution in [2.24, 2.45) is 52.3 Å². The van der Waals surface area contributed by atoms with Gasteiger partial charge in [0.1, 0.15) is 6.29 Å². The molecule has 0 aliphatic heterocycles. The molecule has 60 heavy (non-hydrogen) atoms. The summed E-state index contributed by atoms with van der Waals surface area (Å²) in [5, 5.41) is 1.10. The van der Waals surface area contributed by atoms with Crippen molar-refractivity contribution in [3.05, 3.63) is 36.0 Å². The van der Waals surface area contributed by atoms with Gasteiger partial charge in [-0.25, -0.2) is 0 Å². The van der Waals surface area contributed by atoms with Gasteiger partial charge in [-0.15, -0.1) is 0 Å². The van der Waals surface area contributed by atoms with E-state index in [0.717, 1.165) is 79.0 Å². The molecule has 0 radical (unpaired) electrons. The molecule has 348 valence electrons. The average Bonchev–Trinajstić information content (AvgIpc) is 3.58. The number of rotatable bonds is 31. The van der Waals surface area contributed by atoms with Crippen LogP contribution in [0.3, 0.4) is 0 Å². The van der Waals surface area contributed by atoms with Crippen molar-refractivity contribution < 1.29 is 13.6 Å². The van der Waals surface area contributed by atoms with E-state index in [1.165, 1.54) is 148 Å². The summed E-state index contributed by atoms with van der Waals surface area (Å²) < 4.78 is 20.5. The molecule has 0 heterocycles. The highest BCUT2D eigenvalue weighted by Gasteiger charge is 2.59. The topological polar surface area (TPSA) is 27.7 Å². The Labute approximate surface area is 383 Å². The predicted molar refractivity (Wildman–Crippen MR) is 267 cm³/mol. The fraction of sp³-hybridized carbons (Fsp3) is 0.891. The molecule has 5 heteroatoms. The van der Waals surface area contributed by atoms with Crippen LogP contribution in [0.4, 0.5) is 0 Å². The first-order valence-electron chi connectivity index (χ1n) is 26.4. The molecule has 3 saturated carbocycles. The molecule has 4 aliphatic rings. The number of allylic oxidation sites excluding steroid dienone is 5. The Morgan fingerprint density at radius 2 is 1.47 bits per heavy atom. The van der Waals surface area contributed by atoms with Crippen LogP contribution in [-0.4, -0.2) is 32.9 Å². The van der Waals surface area contributed by atoms with Gasteiger partial charge in [-0.3, -0.25) is 0 Å². The normalized spacial score (nSPS) is 29.8. The van der Waals surface area contributed by atoms with Gasteiger partial charge in [0.25, 0.3) is 0 Å². The number of unbranched alkanes of at least 4 members (excludes halogenated alkanes) is 11. The molecule has 10 unspecified atom stereocenters. The van der Waals surface area contributed by atoms with Crippen LogP contribution < -0.4 is 0 Å². The molecule has 4 aliphatic carbocycles. The van der Waals surface area contributed by atoms with Crippen LogP contribution in [0.15, 0.2) is 36.0 Å². The van der Waals surface area contributed by atoms with Crippen molar-refractivity contribution in [3.63, 3.8) is 0 Å². The summed E-state index contributed by atoms with van der Waals surface area (Å²) in [6, 6.07) is 0. The van der Waals surface area contributed by atoms with Crippen LogP contribution in [0.25, 0.3) is 0 Å². The van der Waals surface area contributed by atoms with Crippen LogP contribution in [0, 0.1) is 52.3 Å². The zero-order valence-corrected chi connectivity index (χ0v) is 43.8. The maximum atomic E-state index is 7.10. The van der Waals surface area contributed by atoms with Gasteiger partial charge in [0.05, 0.1) is 6.10 Å². The molecule has 3 fully saturated rings. The van der Waals surface area contributed by atoms with Crippen LogP contribution in [-0.2, 0) is 13.6 Å². The Bertz CT molecular complexity index is 1260. The Morgan fingerprint density at radius 3 is 2.18 bits per heavy atom. The number of hydrogen-bond donors (Lipinski definition) is 0. The van der Waals surface area contributed by atoms with Crippen molar-refractivity contribution in [1.82, 2.24) is 0 Å². The average molecular weight is 916 g/mol. The summed E-state index contributed by atoms with van der Waals surface area (Å²) in [6.07, 6.45) is 47.0. The molecule has 0 aromatic carbocycles. The van der Waals surface area contributed by atoms with Gasteiger partial charge in [0, 0.05) is 11.9 Å². The maximum Gasteiger partial charge on any atom is 0.333 e. The predicted octanol–water partition coefficient (Wildman–Crippen LogP) is 17.9. The lowest BCUT2D eigenvalue weighted by molar-refractivity contribution is -0.150. The highest BCUT2D eigenvalue weighted by atomic mass is 79.9. The van der Waals surface area contributed by atoms with Crippen molar-refractivity contribution in [2.75, 3.05) is 11.9 Å². The molecule has 0 bridgehead atoms. The Hall–Kier alpha value is -0.203. The lowest BCUT2D eigenvalue weighted by atomic mass is 9.47. The quantitative estimate of drug-likeness (QED) is 0.0228. The van der Waals surface area contributed by atoms with Gasteiger partial charge in [-0.1, -0.05) is 158 Å². The number of fused-ring (bicyclic) bond motifs is 5. The van der Waals surface area contributed by atoms with E-state index in [0.29, 0.717) is 10.8 Å². The van der Waals surface area contributed by atoms with E-state index in [1.54, 1.807) is 5.57 Å². The smallest absolute Gasteiger partial charge is 0.333 e. The van der Waals surface area contributed by atoms with Crippen LogP contribution in [0.2, 0.25) is 13.1 Å². The summed E-state index contributed by atoms with van der Waals surface area (Å²) in [6.45, 7) is 22.9. The number of ether oxygens (including phenoxy) is 1.